The fraction of sp³-hybridized carbons (Fsp3) is 0.357. The molecule has 2 N–H and O–H groups in total. The van der Waals surface area contributed by atoms with Crippen LogP contribution < -0.4 is 10.1 Å². The van der Waals surface area contributed by atoms with E-state index in [1.807, 2.05) is 0 Å². The van der Waals surface area contributed by atoms with E-state index in [4.69, 9.17) is 21.4 Å². The van der Waals surface area contributed by atoms with Crippen molar-refractivity contribution in [3.05, 3.63) is 35.4 Å². The molecule has 1 amide bonds. The Labute approximate surface area is 118 Å². The van der Waals surface area contributed by atoms with Gasteiger partial charge in [0.2, 0.25) is 5.91 Å². The fourth-order valence-corrected chi connectivity index (χ4v) is 1.71. The Morgan fingerprint density at radius 3 is 2.89 bits per heavy atom. The maximum atomic E-state index is 11.6. The van der Waals surface area contributed by atoms with Crippen LogP contribution in [0, 0.1) is 0 Å². The van der Waals surface area contributed by atoms with Crippen LogP contribution in [0.4, 0.5) is 5.69 Å². The number of carbonyl (C=O) groups is 1. The first-order chi connectivity index (χ1) is 9.02. The highest BCUT2D eigenvalue weighted by Crippen LogP contribution is 2.27. The molecule has 0 aliphatic rings. The Kier molecular flexibility index (Phi) is 6.39. The number of allylic oxidation sites excluding steroid dienone is 1. The zero-order chi connectivity index (χ0) is 14.3. The van der Waals surface area contributed by atoms with Crippen molar-refractivity contribution in [3.8, 4) is 5.75 Å². The molecule has 0 radical (unpaired) electrons. The van der Waals surface area contributed by atoms with Crippen LogP contribution in [0.3, 0.4) is 0 Å². The monoisotopic (exact) mass is 283 g/mol. The standard InChI is InChI=1S/C14H18ClNO3/c1-10(17)5-3-4-6-14(18)16-11-7-8-13(19-2)12(15)9-11/h4,6-10,17H,3,5H2,1-2H3,(H,16,18)/b6-4+. The summed E-state index contributed by atoms with van der Waals surface area (Å²) >= 11 is 5.95. The molecule has 0 spiro atoms. The third-order valence-corrected chi connectivity index (χ3v) is 2.74. The van der Waals surface area contributed by atoms with E-state index in [2.05, 4.69) is 5.32 Å². The van der Waals surface area contributed by atoms with Crippen LogP contribution in [0.25, 0.3) is 0 Å². The highest BCUT2D eigenvalue weighted by molar-refractivity contribution is 6.32. The van der Waals surface area contributed by atoms with Gasteiger partial charge in [-0.15, -0.1) is 0 Å². The van der Waals surface area contributed by atoms with Gasteiger partial charge in [0.1, 0.15) is 5.75 Å². The minimum atomic E-state index is -0.354. The van der Waals surface area contributed by atoms with E-state index in [9.17, 15) is 4.79 Å². The lowest BCUT2D eigenvalue weighted by atomic mass is 10.2. The molecule has 0 bridgehead atoms. The van der Waals surface area contributed by atoms with Crippen molar-refractivity contribution in [3.63, 3.8) is 0 Å². The number of carbonyl (C=O) groups excluding carboxylic acids is 1. The Hall–Kier alpha value is -1.52. The zero-order valence-corrected chi connectivity index (χ0v) is 11.8. The number of benzene rings is 1. The number of nitrogens with one attached hydrogen (secondary N) is 1. The molecule has 0 fully saturated rings. The second-order valence-corrected chi connectivity index (χ2v) is 4.57. The number of methoxy groups -OCH3 is 1. The lowest BCUT2D eigenvalue weighted by Crippen LogP contribution is -2.08. The summed E-state index contributed by atoms with van der Waals surface area (Å²) < 4.78 is 5.02. The lowest BCUT2D eigenvalue weighted by Gasteiger charge is -2.06. The van der Waals surface area contributed by atoms with Gasteiger partial charge in [0, 0.05) is 5.69 Å². The molecule has 0 saturated heterocycles. The van der Waals surface area contributed by atoms with Crippen molar-refractivity contribution >= 4 is 23.2 Å². The topological polar surface area (TPSA) is 58.6 Å². The highest BCUT2D eigenvalue weighted by atomic mass is 35.5. The number of hydrogen-bond donors (Lipinski definition) is 2. The quantitative estimate of drug-likeness (QED) is 0.789. The fourth-order valence-electron chi connectivity index (χ4n) is 1.46. The summed E-state index contributed by atoms with van der Waals surface area (Å²) in [5, 5.41) is 12.2. The molecule has 0 aliphatic carbocycles. The van der Waals surface area contributed by atoms with Gasteiger partial charge < -0.3 is 15.2 Å². The molecule has 19 heavy (non-hydrogen) atoms. The van der Waals surface area contributed by atoms with Crippen molar-refractivity contribution in [2.45, 2.75) is 25.9 Å². The average molecular weight is 284 g/mol. The molecule has 104 valence electrons. The maximum Gasteiger partial charge on any atom is 0.248 e. The predicted octanol–water partition coefficient (Wildman–Crippen LogP) is 3.00. The number of rotatable bonds is 6. The summed E-state index contributed by atoms with van der Waals surface area (Å²) in [7, 11) is 1.53. The molecule has 1 aromatic carbocycles. The van der Waals surface area contributed by atoms with Crippen molar-refractivity contribution in [1.82, 2.24) is 0 Å². The van der Waals surface area contributed by atoms with Crippen LogP contribution in [0.5, 0.6) is 5.75 Å². The van der Waals surface area contributed by atoms with Crippen LogP contribution in [0.15, 0.2) is 30.4 Å². The highest BCUT2D eigenvalue weighted by Gasteiger charge is 2.03. The largest absolute Gasteiger partial charge is 0.495 e. The molecule has 0 heterocycles. The zero-order valence-electron chi connectivity index (χ0n) is 11.0. The minimum Gasteiger partial charge on any atom is -0.495 e. The average Bonchev–Trinajstić information content (AvgIpc) is 2.35. The van der Waals surface area contributed by atoms with Crippen molar-refractivity contribution in [2.24, 2.45) is 0 Å². The summed E-state index contributed by atoms with van der Waals surface area (Å²) in [6.45, 7) is 1.72. The first-order valence-electron chi connectivity index (χ1n) is 6.02. The van der Waals surface area contributed by atoms with Crippen LogP contribution >= 0.6 is 11.6 Å². The predicted molar refractivity (Wildman–Crippen MR) is 76.7 cm³/mol. The van der Waals surface area contributed by atoms with Crippen LogP contribution in [-0.2, 0) is 4.79 Å². The molecule has 0 aliphatic heterocycles. The molecule has 0 aromatic heterocycles. The first-order valence-corrected chi connectivity index (χ1v) is 6.40. The smallest absolute Gasteiger partial charge is 0.248 e. The molecule has 4 nitrogen and oxygen atoms in total. The summed E-state index contributed by atoms with van der Waals surface area (Å²) in [6.07, 6.45) is 4.12. The van der Waals surface area contributed by atoms with Crippen molar-refractivity contribution in [1.29, 1.82) is 0 Å². The van der Waals surface area contributed by atoms with E-state index in [1.54, 1.807) is 31.2 Å². The molecule has 1 rings (SSSR count). The molecule has 1 atom stereocenters. The van der Waals surface area contributed by atoms with Crippen molar-refractivity contribution < 1.29 is 14.6 Å². The van der Waals surface area contributed by atoms with Gasteiger partial charge in [-0.05, 0) is 44.0 Å². The number of amides is 1. The van der Waals surface area contributed by atoms with E-state index in [0.717, 1.165) is 0 Å². The Bertz CT molecular complexity index is 458. The molecule has 1 unspecified atom stereocenters. The van der Waals surface area contributed by atoms with Crippen LogP contribution in [0.2, 0.25) is 5.02 Å². The van der Waals surface area contributed by atoms with Gasteiger partial charge >= 0.3 is 0 Å². The van der Waals surface area contributed by atoms with Gasteiger partial charge in [-0.2, -0.15) is 0 Å². The van der Waals surface area contributed by atoms with Gasteiger partial charge in [-0.1, -0.05) is 17.7 Å². The second kappa shape index (κ2) is 7.81. The first kappa shape index (κ1) is 15.5. The number of hydrogen-bond acceptors (Lipinski definition) is 3. The summed E-state index contributed by atoms with van der Waals surface area (Å²) in [6, 6.07) is 5.03. The van der Waals surface area contributed by atoms with Crippen LogP contribution in [-0.4, -0.2) is 24.2 Å². The summed E-state index contributed by atoms with van der Waals surface area (Å²) in [4.78, 5) is 11.6. The Morgan fingerprint density at radius 2 is 2.32 bits per heavy atom. The third kappa shape index (κ3) is 5.77. The van der Waals surface area contributed by atoms with E-state index < -0.39 is 0 Å². The third-order valence-electron chi connectivity index (χ3n) is 2.44. The molecule has 0 saturated carbocycles. The number of aliphatic hydroxyl groups is 1. The van der Waals surface area contributed by atoms with Gasteiger partial charge in [0.25, 0.3) is 0 Å². The maximum absolute atomic E-state index is 11.6. The Balaban J connectivity index is 2.50. The lowest BCUT2D eigenvalue weighted by molar-refractivity contribution is -0.111. The number of anilines is 1. The number of halogens is 1. The van der Waals surface area contributed by atoms with Gasteiger partial charge in [-0.3, -0.25) is 4.79 Å². The van der Waals surface area contributed by atoms with Crippen LogP contribution in [0.1, 0.15) is 19.8 Å². The van der Waals surface area contributed by atoms with E-state index in [-0.39, 0.29) is 12.0 Å². The Morgan fingerprint density at radius 1 is 1.58 bits per heavy atom. The van der Waals surface area contributed by atoms with Gasteiger partial charge in [0.05, 0.1) is 18.2 Å². The SMILES string of the molecule is COc1ccc(NC(=O)/C=C/CCC(C)O)cc1Cl. The van der Waals surface area contributed by atoms with E-state index in [1.165, 1.54) is 13.2 Å². The van der Waals surface area contributed by atoms with Crippen molar-refractivity contribution in [2.75, 3.05) is 12.4 Å². The molecular weight excluding hydrogens is 266 g/mol. The van der Waals surface area contributed by atoms with E-state index in [0.29, 0.717) is 29.3 Å². The molecular formula is C14H18ClNO3. The number of aliphatic hydroxyl groups excluding tert-OH is 1. The van der Waals surface area contributed by atoms with Gasteiger partial charge in [0.15, 0.2) is 0 Å². The molecule has 1 aromatic rings. The summed E-state index contributed by atoms with van der Waals surface area (Å²) in [5.74, 6) is 0.332. The number of ether oxygens (including phenoxy) is 1. The second-order valence-electron chi connectivity index (χ2n) is 4.17. The normalized spacial score (nSPS) is 12.4. The summed E-state index contributed by atoms with van der Waals surface area (Å²) in [5.41, 5.74) is 0.607. The van der Waals surface area contributed by atoms with E-state index >= 15 is 0 Å². The molecule has 5 heteroatoms. The van der Waals surface area contributed by atoms with Gasteiger partial charge in [-0.25, -0.2) is 0 Å². The minimum absolute atomic E-state index is 0.230.